The van der Waals surface area contributed by atoms with E-state index in [4.69, 9.17) is 5.10 Å². The van der Waals surface area contributed by atoms with Gasteiger partial charge in [0, 0.05) is 23.6 Å². The van der Waals surface area contributed by atoms with Crippen molar-refractivity contribution in [3.63, 3.8) is 0 Å². The SMILES string of the molecule is CCn1nc(CC2(O)CCCSC2C)c2ccccc21. The van der Waals surface area contributed by atoms with E-state index in [1.54, 1.807) is 0 Å². The van der Waals surface area contributed by atoms with Crippen LogP contribution < -0.4 is 0 Å². The van der Waals surface area contributed by atoms with Gasteiger partial charge in [0.05, 0.1) is 16.8 Å². The maximum absolute atomic E-state index is 11.0. The average molecular weight is 290 g/mol. The summed E-state index contributed by atoms with van der Waals surface area (Å²) in [6.07, 6.45) is 2.64. The van der Waals surface area contributed by atoms with Gasteiger partial charge in [-0.15, -0.1) is 0 Å². The van der Waals surface area contributed by atoms with Crippen LogP contribution in [0.2, 0.25) is 0 Å². The van der Waals surface area contributed by atoms with E-state index >= 15 is 0 Å². The van der Waals surface area contributed by atoms with Gasteiger partial charge in [0.1, 0.15) is 0 Å². The van der Waals surface area contributed by atoms with Crippen LogP contribution in [-0.4, -0.2) is 31.5 Å². The van der Waals surface area contributed by atoms with Crippen molar-refractivity contribution >= 4 is 22.7 Å². The molecule has 1 fully saturated rings. The highest BCUT2D eigenvalue weighted by Crippen LogP contribution is 2.37. The molecule has 0 radical (unpaired) electrons. The molecular formula is C16H22N2OS. The fourth-order valence-electron chi connectivity index (χ4n) is 3.09. The van der Waals surface area contributed by atoms with E-state index in [0.717, 1.165) is 30.8 Å². The zero-order valence-corrected chi connectivity index (χ0v) is 13.0. The largest absolute Gasteiger partial charge is 0.388 e. The predicted molar refractivity (Wildman–Crippen MR) is 85.2 cm³/mol. The van der Waals surface area contributed by atoms with Gasteiger partial charge >= 0.3 is 0 Å². The van der Waals surface area contributed by atoms with Crippen molar-refractivity contribution in [3.05, 3.63) is 30.0 Å². The number of fused-ring (bicyclic) bond motifs is 1. The molecule has 2 aromatic rings. The number of benzene rings is 1. The highest BCUT2D eigenvalue weighted by molar-refractivity contribution is 8.00. The lowest BCUT2D eigenvalue weighted by Crippen LogP contribution is -2.43. The van der Waals surface area contributed by atoms with E-state index < -0.39 is 5.60 Å². The number of hydrogen-bond acceptors (Lipinski definition) is 3. The van der Waals surface area contributed by atoms with Crippen LogP contribution in [0.4, 0.5) is 0 Å². The van der Waals surface area contributed by atoms with Gasteiger partial charge in [0.2, 0.25) is 0 Å². The van der Waals surface area contributed by atoms with E-state index in [0.29, 0.717) is 6.42 Å². The van der Waals surface area contributed by atoms with Crippen molar-refractivity contribution in [2.24, 2.45) is 0 Å². The molecule has 2 unspecified atom stereocenters. The van der Waals surface area contributed by atoms with Crippen LogP contribution in [0.3, 0.4) is 0 Å². The number of aryl methyl sites for hydroxylation is 1. The molecule has 3 nitrogen and oxygen atoms in total. The molecule has 1 aromatic heterocycles. The molecule has 0 saturated carbocycles. The molecule has 1 saturated heterocycles. The Labute approximate surface area is 124 Å². The summed E-state index contributed by atoms with van der Waals surface area (Å²) in [7, 11) is 0. The third-order valence-corrected chi connectivity index (χ3v) is 5.85. The lowest BCUT2D eigenvalue weighted by atomic mass is 9.88. The fraction of sp³-hybridized carbons (Fsp3) is 0.562. The molecule has 1 aliphatic heterocycles. The molecule has 2 heterocycles. The van der Waals surface area contributed by atoms with Crippen molar-refractivity contribution in [1.82, 2.24) is 9.78 Å². The lowest BCUT2D eigenvalue weighted by Gasteiger charge is -2.37. The predicted octanol–water partition coefficient (Wildman–Crippen LogP) is 3.25. The molecule has 0 aliphatic carbocycles. The number of rotatable bonds is 3. The van der Waals surface area contributed by atoms with Gasteiger partial charge in [-0.2, -0.15) is 16.9 Å². The van der Waals surface area contributed by atoms with E-state index in [1.807, 2.05) is 22.5 Å². The monoisotopic (exact) mass is 290 g/mol. The Morgan fingerprint density at radius 2 is 2.25 bits per heavy atom. The highest BCUT2D eigenvalue weighted by atomic mass is 32.2. The second-order valence-corrected chi connectivity index (χ2v) is 7.13. The van der Waals surface area contributed by atoms with Gasteiger partial charge in [0.25, 0.3) is 0 Å². The van der Waals surface area contributed by atoms with Crippen LogP contribution in [0.1, 0.15) is 32.4 Å². The van der Waals surface area contributed by atoms with Crippen molar-refractivity contribution in [2.45, 2.75) is 50.5 Å². The van der Waals surface area contributed by atoms with Crippen LogP contribution in [0.25, 0.3) is 10.9 Å². The highest BCUT2D eigenvalue weighted by Gasteiger charge is 2.37. The number of para-hydroxylation sites is 1. The second-order valence-electron chi connectivity index (χ2n) is 5.68. The first-order chi connectivity index (χ1) is 9.64. The Kier molecular flexibility index (Phi) is 3.78. The molecule has 20 heavy (non-hydrogen) atoms. The fourth-order valence-corrected chi connectivity index (χ4v) is 4.26. The average Bonchev–Trinajstić information content (AvgIpc) is 2.81. The summed E-state index contributed by atoms with van der Waals surface area (Å²) >= 11 is 1.88. The van der Waals surface area contributed by atoms with Crippen LogP contribution in [0.15, 0.2) is 24.3 Å². The van der Waals surface area contributed by atoms with Gasteiger partial charge < -0.3 is 5.11 Å². The van der Waals surface area contributed by atoms with Gasteiger partial charge in [0.15, 0.2) is 0 Å². The third kappa shape index (κ3) is 2.35. The van der Waals surface area contributed by atoms with E-state index in [2.05, 4.69) is 32.0 Å². The molecule has 2 atom stereocenters. The number of hydrogen-bond donors (Lipinski definition) is 1. The van der Waals surface area contributed by atoms with Crippen LogP contribution in [0, 0.1) is 0 Å². The maximum atomic E-state index is 11.0. The Hall–Kier alpha value is -1.00. The summed E-state index contributed by atoms with van der Waals surface area (Å²) in [6.45, 7) is 5.11. The summed E-state index contributed by atoms with van der Waals surface area (Å²) < 4.78 is 2.04. The first-order valence-corrected chi connectivity index (χ1v) is 8.47. The van der Waals surface area contributed by atoms with Crippen LogP contribution in [-0.2, 0) is 13.0 Å². The normalized spacial score (nSPS) is 27.1. The number of aliphatic hydroxyl groups is 1. The van der Waals surface area contributed by atoms with Crippen molar-refractivity contribution in [2.75, 3.05) is 5.75 Å². The smallest absolute Gasteiger partial charge is 0.0819 e. The topological polar surface area (TPSA) is 38.0 Å². The zero-order chi connectivity index (χ0) is 14.2. The summed E-state index contributed by atoms with van der Waals surface area (Å²) in [4.78, 5) is 0. The summed E-state index contributed by atoms with van der Waals surface area (Å²) in [5.41, 5.74) is 1.60. The number of nitrogens with zero attached hydrogens (tertiary/aromatic N) is 2. The summed E-state index contributed by atoms with van der Waals surface area (Å²) in [6, 6.07) is 8.33. The standard InChI is InChI=1S/C16H22N2OS/c1-3-18-15-8-5-4-7-13(15)14(17-18)11-16(19)9-6-10-20-12(16)2/h4-5,7-8,12,19H,3,6,9-11H2,1-2H3. The van der Waals surface area contributed by atoms with Gasteiger partial charge in [-0.1, -0.05) is 25.1 Å². The molecule has 3 rings (SSSR count). The first-order valence-electron chi connectivity index (χ1n) is 7.42. The molecule has 0 amide bonds. The van der Waals surface area contributed by atoms with E-state index in [-0.39, 0.29) is 5.25 Å². The molecule has 108 valence electrons. The minimum Gasteiger partial charge on any atom is -0.388 e. The first kappa shape index (κ1) is 14.0. The zero-order valence-electron chi connectivity index (χ0n) is 12.2. The molecule has 0 spiro atoms. The molecule has 0 bridgehead atoms. The number of thioether (sulfide) groups is 1. The number of aromatic nitrogens is 2. The Morgan fingerprint density at radius 3 is 3.00 bits per heavy atom. The molecule has 1 aromatic carbocycles. The Balaban J connectivity index is 1.98. The van der Waals surface area contributed by atoms with Gasteiger partial charge in [-0.05, 0) is 31.6 Å². The maximum Gasteiger partial charge on any atom is 0.0819 e. The molecule has 1 N–H and O–H groups in total. The van der Waals surface area contributed by atoms with Gasteiger partial charge in [-0.25, -0.2) is 0 Å². The second kappa shape index (κ2) is 5.41. The van der Waals surface area contributed by atoms with E-state index in [9.17, 15) is 5.11 Å². The van der Waals surface area contributed by atoms with Crippen LogP contribution >= 0.6 is 11.8 Å². The molecular weight excluding hydrogens is 268 g/mol. The Bertz CT molecular complexity index is 610. The molecule has 1 aliphatic rings. The van der Waals surface area contributed by atoms with Crippen molar-refractivity contribution in [1.29, 1.82) is 0 Å². The van der Waals surface area contributed by atoms with Crippen LogP contribution in [0.5, 0.6) is 0 Å². The quantitative estimate of drug-likeness (QED) is 0.943. The minimum absolute atomic E-state index is 0.279. The van der Waals surface area contributed by atoms with Gasteiger partial charge in [-0.3, -0.25) is 4.68 Å². The van der Waals surface area contributed by atoms with E-state index in [1.165, 1.54) is 10.9 Å². The summed E-state index contributed by atoms with van der Waals surface area (Å²) in [5, 5.41) is 17.2. The lowest BCUT2D eigenvalue weighted by molar-refractivity contribution is 0.0290. The third-order valence-electron chi connectivity index (χ3n) is 4.39. The minimum atomic E-state index is -0.612. The van der Waals surface area contributed by atoms with Crippen molar-refractivity contribution in [3.8, 4) is 0 Å². The molecule has 4 heteroatoms. The Morgan fingerprint density at radius 1 is 1.45 bits per heavy atom. The summed E-state index contributed by atoms with van der Waals surface area (Å²) in [5.74, 6) is 1.16. The van der Waals surface area contributed by atoms with Crippen molar-refractivity contribution < 1.29 is 5.11 Å².